The van der Waals surface area contributed by atoms with Crippen molar-refractivity contribution in [2.75, 3.05) is 31.2 Å². The lowest BCUT2D eigenvalue weighted by Gasteiger charge is -2.28. The molecule has 0 bridgehead atoms. The van der Waals surface area contributed by atoms with Gasteiger partial charge in [0.05, 0.1) is 29.6 Å². The molecule has 0 atom stereocenters. The number of ether oxygens (including phenoxy) is 1. The highest BCUT2D eigenvalue weighted by molar-refractivity contribution is 7.98. The number of benzene rings is 1. The lowest BCUT2D eigenvalue weighted by atomic mass is 10.2. The molecule has 0 radical (unpaired) electrons. The molecule has 29 heavy (non-hydrogen) atoms. The quantitative estimate of drug-likeness (QED) is 0.520. The van der Waals surface area contributed by atoms with Crippen LogP contribution in [0.1, 0.15) is 19.7 Å². The van der Waals surface area contributed by atoms with E-state index in [1.165, 1.54) is 0 Å². The van der Waals surface area contributed by atoms with E-state index in [0.717, 1.165) is 36.3 Å². The van der Waals surface area contributed by atoms with Crippen LogP contribution in [0.4, 0.5) is 5.95 Å². The highest BCUT2D eigenvalue weighted by Gasteiger charge is 2.22. The first-order chi connectivity index (χ1) is 14.1. The molecule has 1 saturated heterocycles. The van der Waals surface area contributed by atoms with Crippen LogP contribution in [0, 0.1) is 5.92 Å². The monoisotopic (exact) mass is 434 g/mol. The normalized spacial score (nSPS) is 14.7. The minimum atomic E-state index is 0.420. The van der Waals surface area contributed by atoms with Crippen molar-refractivity contribution in [3.8, 4) is 11.5 Å². The first kappa shape index (κ1) is 20.2. The molecule has 4 rings (SSSR count). The van der Waals surface area contributed by atoms with E-state index in [4.69, 9.17) is 20.8 Å². The standard InChI is InChI=1S/C19H23ClN6O2S/c1-13(2)11-26-18(25-7-9-27-10-8-25)23-24-19(26)29-12-16-21-22-17(28-16)14-5-3-4-6-15(14)20/h3-6,13H,7-12H2,1-2H3. The maximum absolute atomic E-state index is 6.22. The van der Waals surface area contributed by atoms with Crippen LogP contribution in [0.3, 0.4) is 0 Å². The molecule has 3 heterocycles. The Hall–Kier alpha value is -2.10. The highest BCUT2D eigenvalue weighted by atomic mass is 35.5. The average molecular weight is 435 g/mol. The van der Waals surface area contributed by atoms with Gasteiger partial charge in [-0.15, -0.1) is 20.4 Å². The van der Waals surface area contributed by atoms with E-state index in [1.807, 2.05) is 18.2 Å². The molecule has 0 aliphatic carbocycles. The van der Waals surface area contributed by atoms with Crippen LogP contribution in [0.25, 0.3) is 11.5 Å². The SMILES string of the molecule is CC(C)Cn1c(SCc2nnc(-c3ccccc3Cl)o2)nnc1N1CCOCC1. The highest BCUT2D eigenvalue weighted by Crippen LogP contribution is 2.29. The summed E-state index contributed by atoms with van der Waals surface area (Å²) in [6.45, 7) is 8.29. The molecular weight excluding hydrogens is 412 g/mol. The number of morpholine rings is 1. The lowest BCUT2D eigenvalue weighted by Crippen LogP contribution is -2.38. The number of rotatable bonds is 7. The number of halogens is 1. The molecule has 0 spiro atoms. The Morgan fingerprint density at radius 3 is 2.66 bits per heavy atom. The summed E-state index contributed by atoms with van der Waals surface area (Å²) in [5.41, 5.74) is 0.732. The van der Waals surface area contributed by atoms with Gasteiger partial charge in [-0.25, -0.2) is 0 Å². The molecule has 1 aliphatic rings. The minimum Gasteiger partial charge on any atom is -0.420 e. The van der Waals surface area contributed by atoms with Gasteiger partial charge in [0.2, 0.25) is 17.7 Å². The summed E-state index contributed by atoms with van der Waals surface area (Å²) in [5, 5.41) is 18.6. The van der Waals surface area contributed by atoms with Gasteiger partial charge in [0.15, 0.2) is 5.16 Å². The molecule has 2 aromatic heterocycles. The number of thioether (sulfide) groups is 1. The van der Waals surface area contributed by atoms with Gasteiger partial charge in [0, 0.05) is 19.6 Å². The zero-order valence-corrected chi connectivity index (χ0v) is 18.0. The van der Waals surface area contributed by atoms with Gasteiger partial charge in [-0.2, -0.15) is 0 Å². The van der Waals surface area contributed by atoms with Gasteiger partial charge in [-0.1, -0.05) is 49.3 Å². The number of anilines is 1. The molecule has 0 amide bonds. The maximum atomic E-state index is 6.22. The van der Waals surface area contributed by atoms with Crippen LogP contribution in [0.5, 0.6) is 0 Å². The molecule has 1 aromatic carbocycles. The van der Waals surface area contributed by atoms with Crippen molar-refractivity contribution in [3.63, 3.8) is 0 Å². The molecule has 0 N–H and O–H groups in total. The second-order valence-electron chi connectivity index (χ2n) is 7.16. The van der Waals surface area contributed by atoms with Gasteiger partial charge in [0.1, 0.15) is 0 Å². The Morgan fingerprint density at radius 2 is 1.90 bits per heavy atom. The molecule has 1 aliphatic heterocycles. The van der Waals surface area contributed by atoms with Crippen molar-refractivity contribution in [1.29, 1.82) is 0 Å². The van der Waals surface area contributed by atoms with Gasteiger partial charge in [-0.3, -0.25) is 4.57 Å². The Bertz CT molecular complexity index is 954. The van der Waals surface area contributed by atoms with Crippen molar-refractivity contribution >= 4 is 29.3 Å². The van der Waals surface area contributed by atoms with Gasteiger partial charge in [-0.05, 0) is 18.1 Å². The Labute approximate surface area is 178 Å². The van der Waals surface area contributed by atoms with E-state index in [9.17, 15) is 0 Å². The van der Waals surface area contributed by atoms with E-state index in [0.29, 0.717) is 41.7 Å². The van der Waals surface area contributed by atoms with Gasteiger partial charge in [0.25, 0.3) is 0 Å². The second kappa shape index (κ2) is 9.15. The fraction of sp³-hybridized carbons (Fsp3) is 0.474. The van der Waals surface area contributed by atoms with Crippen LogP contribution in [-0.2, 0) is 17.0 Å². The summed E-state index contributed by atoms with van der Waals surface area (Å²) in [5.74, 6) is 2.82. The summed E-state index contributed by atoms with van der Waals surface area (Å²) in [6.07, 6.45) is 0. The van der Waals surface area contributed by atoms with Gasteiger partial charge < -0.3 is 14.1 Å². The molecule has 10 heteroatoms. The molecule has 0 unspecified atom stereocenters. The lowest BCUT2D eigenvalue weighted by molar-refractivity contribution is 0.121. The summed E-state index contributed by atoms with van der Waals surface area (Å²) in [6, 6.07) is 7.42. The van der Waals surface area contributed by atoms with E-state index in [2.05, 4.69) is 43.7 Å². The Kier molecular flexibility index (Phi) is 6.37. The maximum Gasteiger partial charge on any atom is 0.249 e. The first-order valence-electron chi connectivity index (χ1n) is 9.58. The Morgan fingerprint density at radius 1 is 1.10 bits per heavy atom. The number of hydrogen-bond acceptors (Lipinski definition) is 8. The van der Waals surface area contributed by atoms with E-state index in [-0.39, 0.29) is 0 Å². The molecule has 0 saturated carbocycles. The zero-order chi connectivity index (χ0) is 20.2. The molecule has 154 valence electrons. The third-order valence-corrected chi connectivity index (χ3v) is 5.72. The van der Waals surface area contributed by atoms with Crippen molar-refractivity contribution in [2.45, 2.75) is 31.3 Å². The third kappa shape index (κ3) is 4.73. The molecule has 1 fully saturated rings. The fourth-order valence-corrected chi connectivity index (χ4v) is 4.09. The summed E-state index contributed by atoms with van der Waals surface area (Å²) in [4.78, 5) is 2.23. The number of aromatic nitrogens is 5. The van der Waals surface area contributed by atoms with E-state index >= 15 is 0 Å². The Balaban J connectivity index is 1.49. The minimum absolute atomic E-state index is 0.420. The fourth-order valence-electron chi connectivity index (χ4n) is 3.09. The van der Waals surface area contributed by atoms with Crippen LogP contribution < -0.4 is 4.90 Å². The number of hydrogen-bond donors (Lipinski definition) is 0. The van der Waals surface area contributed by atoms with Crippen LogP contribution in [0.2, 0.25) is 5.02 Å². The largest absolute Gasteiger partial charge is 0.420 e. The summed E-state index contributed by atoms with van der Waals surface area (Å²) < 4.78 is 13.4. The van der Waals surface area contributed by atoms with Crippen LogP contribution in [0.15, 0.2) is 33.8 Å². The summed E-state index contributed by atoms with van der Waals surface area (Å²) in [7, 11) is 0. The van der Waals surface area contributed by atoms with E-state index in [1.54, 1.807) is 17.8 Å². The van der Waals surface area contributed by atoms with Crippen LogP contribution >= 0.6 is 23.4 Å². The molecule has 8 nitrogen and oxygen atoms in total. The zero-order valence-electron chi connectivity index (χ0n) is 16.4. The first-order valence-corrected chi connectivity index (χ1v) is 10.9. The smallest absolute Gasteiger partial charge is 0.249 e. The topological polar surface area (TPSA) is 82.1 Å². The molecular formula is C19H23ClN6O2S. The summed E-state index contributed by atoms with van der Waals surface area (Å²) >= 11 is 7.76. The van der Waals surface area contributed by atoms with Crippen LogP contribution in [-0.4, -0.2) is 51.3 Å². The van der Waals surface area contributed by atoms with Gasteiger partial charge >= 0.3 is 0 Å². The average Bonchev–Trinajstić information content (AvgIpc) is 3.34. The number of nitrogens with zero attached hydrogens (tertiary/aromatic N) is 6. The third-order valence-electron chi connectivity index (χ3n) is 4.43. The predicted octanol–water partition coefficient (Wildman–Crippen LogP) is 3.77. The van der Waals surface area contributed by atoms with Crippen molar-refractivity contribution in [1.82, 2.24) is 25.0 Å². The van der Waals surface area contributed by atoms with Crippen molar-refractivity contribution in [3.05, 3.63) is 35.2 Å². The second-order valence-corrected chi connectivity index (χ2v) is 8.51. The molecule has 3 aromatic rings. The van der Waals surface area contributed by atoms with E-state index < -0.39 is 0 Å². The predicted molar refractivity (Wildman–Crippen MR) is 112 cm³/mol. The van der Waals surface area contributed by atoms with Crippen molar-refractivity contribution < 1.29 is 9.15 Å². The van der Waals surface area contributed by atoms with Crippen molar-refractivity contribution in [2.24, 2.45) is 5.92 Å².